The van der Waals surface area contributed by atoms with Crippen LogP contribution in [0.25, 0.3) is 0 Å². The number of hydrogen-bond acceptors (Lipinski definition) is 4. The zero-order valence-corrected chi connectivity index (χ0v) is 17.3. The molecule has 2 heterocycles. The molecule has 2 aromatic rings. The fourth-order valence-corrected chi connectivity index (χ4v) is 3.50. The van der Waals surface area contributed by atoms with Crippen LogP contribution in [0.3, 0.4) is 0 Å². The molecule has 0 aliphatic carbocycles. The van der Waals surface area contributed by atoms with E-state index in [2.05, 4.69) is 33.6 Å². The number of aliphatic imine (C=N–C) groups is 1. The summed E-state index contributed by atoms with van der Waals surface area (Å²) >= 11 is 1.73. The van der Waals surface area contributed by atoms with Crippen molar-refractivity contribution in [2.75, 3.05) is 13.7 Å². The van der Waals surface area contributed by atoms with Gasteiger partial charge in [0.15, 0.2) is 5.96 Å². The quantitative estimate of drug-likeness (QED) is 0.420. The highest BCUT2D eigenvalue weighted by Gasteiger charge is 2.21. The zero-order chi connectivity index (χ0) is 16.2. The normalized spacial score (nSPS) is 16.6. The Morgan fingerprint density at radius 3 is 2.88 bits per heavy atom. The molecule has 2 N–H and O–H groups in total. The first-order valence-corrected chi connectivity index (χ1v) is 8.61. The maximum absolute atomic E-state index is 5.71. The van der Waals surface area contributed by atoms with Gasteiger partial charge in [0.25, 0.3) is 0 Å². The number of halogens is 1. The predicted octanol–water partition coefficient (Wildman–Crippen LogP) is 3.57. The highest BCUT2D eigenvalue weighted by Crippen LogP contribution is 2.31. The maximum Gasteiger partial charge on any atom is 0.191 e. The Labute approximate surface area is 164 Å². The minimum Gasteiger partial charge on any atom is -0.493 e. The molecule has 130 valence electrons. The summed E-state index contributed by atoms with van der Waals surface area (Å²) in [4.78, 5) is 10.1. The number of fused-ring (bicyclic) bond motifs is 1. The van der Waals surface area contributed by atoms with Crippen molar-refractivity contribution < 1.29 is 4.74 Å². The number of aromatic nitrogens is 1. The lowest BCUT2D eigenvalue weighted by Gasteiger charge is -2.27. The van der Waals surface area contributed by atoms with Crippen LogP contribution in [0.15, 0.2) is 29.3 Å². The van der Waals surface area contributed by atoms with Gasteiger partial charge in [-0.15, -0.1) is 35.3 Å². The summed E-state index contributed by atoms with van der Waals surface area (Å²) in [7, 11) is 1.79. The monoisotopic (exact) mass is 458 g/mol. The summed E-state index contributed by atoms with van der Waals surface area (Å²) in [5, 5.41) is 7.92. The van der Waals surface area contributed by atoms with Crippen molar-refractivity contribution in [3.63, 3.8) is 0 Å². The maximum atomic E-state index is 5.71. The molecule has 7 heteroatoms. The van der Waals surface area contributed by atoms with Crippen LogP contribution in [0, 0.1) is 13.8 Å². The van der Waals surface area contributed by atoms with E-state index in [0.29, 0.717) is 6.54 Å². The van der Waals surface area contributed by atoms with Gasteiger partial charge < -0.3 is 15.4 Å². The molecular weight excluding hydrogens is 435 g/mol. The molecule has 1 aromatic heterocycles. The van der Waals surface area contributed by atoms with E-state index in [1.54, 1.807) is 18.4 Å². The fraction of sp³-hybridized carbons (Fsp3) is 0.412. The number of para-hydroxylation sites is 1. The van der Waals surface area contributed by atoms with Crippen LogP contribution in [-0.2, 0) is 6.54 Å². The molecule has 0 saturated carbocycles. The first kappa shape index (κ1) is 19.0. The number of hydrogen-bond donors (Lipinski definition) is 2. The topological polar surface area (TPSA) is 58.5 Å². The molecule has 1 aliphatic heterocycles. The van der Waals surface area contributed by atoms with Crippen LogP contribution < -0.4 is 15.4 Å². The number of nitrogens with one attached hydrogen (secondary N) is 2. The molecule has 0 bridgehead atoms. The van der Waals surface area contributed by atoms with Gasteiger partial charge in [0.05, 0.1) is 24.9 Å². The smallest absolute Gasteiger partial charge is 0.191 e. The number of nitrogens with zero attached hydrogens (tertiary/aromatic N) is 2. The largest absolute Gasteiger partial charge is 0.493 e. The van der Waals surface area contributed by atoms with Gasteiger partial charge in [-0.1, -0.05) is 18.2 Å². The second kappa shape index (κ2) is 8.66. The van der Waals surface area contributed by atoms with Crippen molar-refractivity contribution in [1.29, 1.82) is 0 Å². The van der Waals surface area contributed by atoms with Gasteiger partial charge in [-0.2, -0.15) is 0 Å². The predicted molar refractivity (Wildman–Crippen MR) is 110 cm³/mol. The lowest BCUT2D eigenvalue weighted by atomic mass is 10.0. The Morgan fingerprint density at radius 1 is 1.38 bits per heavy atom. The molecule has 24 heavy (non-hydrogen) atoms. The average Bonchev–Trinajstić information content (AvgIpc) is 2.90. The summed E-state index contributed by atoms with van der Waals surface area (Å²) in [5.41, 5.74) is 2.29. The van der Waals surface area contributed by atoms with Gasteiger partial charge in [0.2, 0.25) is 0 Å². The minimum absolute atomic E-state index is 0. The molecule has 1 aliphatic rings. The van der Waals surface area contributed by atoms with E-state index in [9.17, 15) is 0 Å². The standard InChI is InChI=1S/C17H22N4OS.HI/c1-11-12(2)23-16(20-11)10-19-17(18-3)21-14-8-9-22-15-7-5-4-6-13(14)15;/h4-7,14H,8-10H2,1-3H3,(H2,18,19,21);1H. The lowest BCUT2D eigenvalue weighted by molar-refractivity contribution is 0.261. The molecule has 0 amide bonds. The SMILES string of the molecule is CN=C(NCc1nc(C)c(C)s1)NC1CCOc2ccccc21.I. The second-order valence-electron chi connectivity index (χ2n) is 5.55. The lowest BCUT2D eigenvalue weighted by Crippen LogP contribution is -2.40. The van der Waals surface area contributed by atoms with Crippen LogP contribution in [0.5, 0.6) is 5.75 Å². The second-order valence-corrected chi connectivity index (χ2v) is 6.83. The molecule has 0 radical (unpaired) electrons. The van der Waals surface area contributed by atoms with E-state index in [-0.39, 0.29) is 30.0 Å². The van der Waals surface area contributed by atoms with E-state index in [1.165, 1.54) is 10.4 Å². The Morgan fingerprint density at radius 2 is 2.17 bits per heavy atom. The van der Waals surface area contributed by atoms with Crippen molar-refractivity contribution in [2.45, 2.75) is 32.9 Å². The number of guanidine groups is 1. The van der Waals surface area contributed by atoms with E-state index < -0.39 is 0 Å². The Kier molecular flexibility index (Phi) is 6.85. The Hall–Kier alpha value is -1.35. The Bertz CT molecular complexity index is 697. The number of benzene rings is 1. The van der Waals surface area contributed by atoms with Crippen molar-refractivity contribution in [3.05, 3.63) is 45.4 Å². The fourth-order valence-electron chi connectivity index (χ4n) is 2.63. The number of thiazole rings is 1. The van der Waals surface area contributed by atoms with Crippen molar-refractivity contribution >= 4 is 41.3 Å². The number of ether oxygens (including phenoxy) is 1. The highest BCUT2D eigenvalue weighted by molar-refractivity contribution is 14.0. The summed E-state index contributed by atoms with van der Waals surface area (Å²) in [5.74, 6) is 1.75. The third-order valence-corrected chi connectivity index (χ3v) is 5.05. The average molecular weight is 458 g/mol. The number of aryl methyl sites for hydroxylation is 2. The first-order chi connectivity index (χ1) is 11.2. The first-order valence-electron chi connectivity index (χ1n) is 7.79. The van der Waals surface area contributed by atoms with Crippen LogP contribution in [0.1, 0.15) is 33.6 Å². The van der Waals surface area contributed by atoms with E-state index in [1.807, 2.05) is 25.1 Å². The van der Waals surface area contributed by atoms with E-state index in [4.69, 9.17) is 4.74 Å². The van der Waals surface area contributed by atoms with Gasteiger partial charge in [-0.25, -0.2) is 4.98 Å². The van der Waals surface area contributed by atoms with Gasteiger partial charge in [0.1, 0.15) is 10.8 Å². The van der Waals surface area contributed by atoms with E-state index in [0.717, 1.165) is 35.4 Å². The third-order valence-electron chi connectivity index (χ3n) is 3.97. The van der Waals surface area contributed by atoms with Crippen molar-refractivity contribution in [2.24, 2.45) is 4.99 Å². The molecule has 1 aromatic carbocycles. The molecule has 5 nitrogen and oxygen atoms in total. The van der Waals surface area contributed by atoms with Crippen LogP contribution in [-0.4, -0.2) is 24.6 Å². The molecule has 1 atom stereocenters. The molecule has 1 unspecified atom stereocenters. The van der Waals surface area contributed by atoms with Crippen LogP contribution in [0.4, 0.5) is 0 Å². The molecule has 0 spiro atoms. The van der Waals surface area contributed by atoms with E-state index >= 15 is 0 Å². The molecule has 0 saturated heterocycles. The molecule has 3 rings (SSSR count). The van der Waals surface area contributed by atoms with Gasteiger partial charge >= 0.3 is 0 Å². The Balaban J connectivity index is 0.00000208. The zero-order valence-electron chi connectivity index (χ0n) is 14.1. The summed E-state index contributed by atoms with van der Waals surface area (Å²) in [6.07, 6.45) is 0.924. The minimum atomic E-state index is 0. The molecule has 0 fully saturated rings. The summed E-state index contributed by atoms with van der Waals surface area (Å²) in [6.45, 7) is 5.55. The van der Waals surface area contributed by atoms with Crippen molar-refractivity contribution in [1.82, 2.24) is 15.6 Å². The third kappa shape index (κ3) is 4.38. The molecular formula is C17H23IN4OS. The summed E-state index contributed by atoms with van der Waals surface area (Å²) < 4.78 is 5.71. The van der Waals surface area contributed by atoms with Gasteiger partial charge in [0, 0.05) is 23.9 Å². The van der Waals surface area contributed by atoms with Gasteiger partial charge in [-0.3, -0.25) is 4.99 Å². The van der Waals surface area contributed by atoms with Crippen LogP contribution >= 0.6 is 35.3 Å². The van der Waals surface area contributed by atoms with Gasteiger partial charge in [-0.05, 0) is 19.9 Å². The number of rotatable bonds is 3. The summed E-state index contributed by atoms with van der Waals surface area (Å²) in [6, 6.07) is 8.37. The highest BCUT2D eigenvalue weighted by atomic mass is 127. The van der Waals surface area contributed by atoms with Crippen LogP contribution in [0.2, 0.25) is 0 Å². The van der Waals surface area contributed by atoms with Crippen molar-refractivity contribution in [3.8, 4) is 5.75 Å².